The molecule has 1 fully saturated rings. The highest BCUT2D eigenvalue weighted by Crippen LogP contribution is 2.33. The van der Waals surface area contributed by atoms with Crippen LogP contribution in [0.4, 0.5) is 4.39 Å². The zero-order chi connectivity index (χ0) is 15.6. The minimum absolute atomic E-state index is 0.305. The third-order valence-corrected chi connectivity index (χ3v) is 5.50. The molecule has 0 unspecified atom stereocenters. The molecule has 1 aromatic heterocycles. The molecule has 0 saturated heterocycles. The fourth-order valence-corrected chi connectivity index (χ4v) is 3.94. The molecular weight excluding hydrogens is 301 g/mol. The van der Waals surface area contributed by atoms with Crippen molar-refractivity contribution in [2.24, 2.45) is 7.05 Å². The van der Waals surface area contributed by atoms with E-state index >= 15 is 0 Å². The first kappa shape index (κ1) is 15.5. The van der Waals surface area contributed by atoms with E-state index in [0.29, 0.717) is 22.3 Å². The SMILES string of the molecule is Cn1c(SCC2(O)CCCCC2)nnc1-c1ccccc1F. The van der Waals surface area contributed by atoms with Gasteiger partial charge in [0.05, 0.1) is 11.2 Å². The summed E-state index contributed by atoms with van der Waals surface area (Å²) in [6.45, 7) is 0. The lowest BCUT2D eigenvalue weighted by molar-refractivity contribution is 0.0272. The van der Waals surface area contributed by atoms with Gasteiger partial charge in [0.1, 0.15) is 5.82 Å². The Balaban J connectivity index is 1.75. The number of thioether (sulfide) groups is 1. The second kappa shape index (κ2) is 6.38. The van der Waals surface area contributed by atoms with Crippen molar-refractivity contribution in [2.75, 3.05) is 5.75 Å². The molecule has 1 aromatic carbocycles. The standard InChI is InChI=1S/C16H20FN3OS/c1-20-14(12-7-3-4-8-13(12)17)18-19-15(20)22-11-16(21)9-5-2-6-10-16/h3-4,7-8,21H,2,5-6,9-11H2,1H3. The Morgan fingerprint density at radius 3 is 2.68 bits per heavy atom. The Kier molecular flexibility index (Phi) is 4.49. The molecule has 1 heterocycles. The fourth-order valence-electron chi connectivity index (χ4n) is 2.87. The molecule has 1 saturated carbocycles. The topological polar surface area (TPSA) is 50.9 Å². The summed E-state index contributed by atoms with van der Waals surface area (Å²) in [4.78, 5) is 0. The van der Waals surface area contributed by atoms with Crippen molar-refractivity contribution in [3.8, 4) is 11.4 Å². The summed E-state index contributed by atoms with van der Waals surface area (Å²) < 4.78 is 15.7. The molecule has 0 spiro atoms. The second-order valence-corrected chi connectivity index (χ2v) is 6.86. The van der Waals surface area contributed by atoms with Crippen molar-refractivity contribution in [3.63, 3.8) is 0 Å². The van der Waals surface area contributed by atoms with Crippen molar-refractivity contribution in [1.29, 1.82) is 0 Å². The first-order valence-corrected chi connectivity index (χ1v) is 8.57. The maximum Gasteiger partial charge on any atom is 0.191 e. The fraction of sp³-hybridized carbons (Fsp3) is 0.500. The first-order chi connectivity index (χ1) is 10.6. The van der Waals surface area contributed by atoms with E-state index in [1.165, 1.54) is 24.2 Å². The molecule has 0 bridgehead atoms. The minimum Gasteiger partial charge on any atom is -0.389 e. The van der Waals surface area contributed by atoms with E-state index in [-0.39, 0.29) is 5.82 Å². The Morgan fingerprint density at radius 2 is 1.95 bits per heavy atom. The minimum atomic E-state index is -0.604. The molecule has 118 valence electrons. The van der Waals surface area contributed by atoms with Crippen molar-refractivity contribution in [3.05, 3.63) is 30.1 Å². The normalized spacial score (nSPS) is 17.6. The van der Waals surface area contributed by atoms with Crippen LogP contribution in [0.25, 0.3) is 11.4 Å². The summed E-state index contributed by atoms with van der Waals surface area (Å²) in [6, 6.07) is 6.55. The Morgan fingerprint density at radius 1 is 1.23 bits per heavy atom. The number of benzene rings is 1. The molecule has 3 rings (SSSR count). The van der Waals surface area contributed by atoms with Gasteiger partial charge in [-0.25, -0.2) is 4.39 Å². The highest BCUT2D eigenvalue weighted by Gasteiger charge is 2.30. The molecule has 0 radical (unpaired) electrons. The smallest absolute Gasteiger partial charge is 0.191 e. The van der Waals surface area contributed by atoms with Gasteiger partial charge in [0.2, 0.25) is 0 Å². The van der Waals surface area contributed by atoms with Gasteiger partial charge in [-0.05, 0) is 25.0 Å². The number of halogens is 1. The van der Waals surface area contributed by atoms with E-state index in [4.69, 9.17) is 0 Å². The van der Waals surface area contributed by atoms with Crippen LogP contribution in [0.5, 0.6) is 0 Å². The van der Waals surface area contributed by atoms with Crippen LogP contribution in [0.1, 0.15) is 32.1 Å². The van der Waals surface area contributed by atoms with Crippen LogP contribution in [0, 0.1) is 5.82 Å². The van der Waals surface area contributed by atoms with Crippen molar-refractivity contribution >= 4 is 11.8 Å². The number of aromatic nitrogens is 3. The number of aliphatic hydroxyl groups is 1. The van der Waals surface area contributed by atoms with Crippen LogP contribution < -0.4 is 0 Å². The summed E-state index contributed by atoms with van der Waals surface area (Å²) in [5.74, 6) is 0.813. The van der Waals surface area contributed by atoms with E-state index in [1.807, 2.05) is 7.05 Å². The monoisotopic (exact) mass is 321 g/mol. The highest BCUT2D eigenvalue weighted by molar-refractivity contribution is 7.99. The second-order valence-electron chi connectivity index (χ2n) is 5.92. The molecular formula is C16H20FN3OS. The average molecular weight is 321 g/mol. The number of nitrogens with zero attached hydrogens (tertiary/aromatic N) is 3. The molecule has 22 heavy (non-hydrogen) atoms. The molecule has 0 aliphatic heterocycles. The van der Waals surface area contributed by atoms with Crippen LogP contribution >= 0.6 is 11.8 Å². The molecule has 1 aliphatic rings. The van der Waals surface area contributed by atoms with Gasteiger partial charge in [-0.3, -0.25) is 0 Å². The zero-order valence-electron chi connectivity index (χ0n) is 12.6. The van der Waals surface area contributed by atoms with Crippen LogP contribution in [0.3, 0.4) is 0 Å². The average Bonchev–Trinajstić information content (AvgIpc) is 2.88. The molecule has 2 aromatic rings. The van der Waals surface area contributed by atoms with E-state index in [1.54, 1.807) is 22.8 Å². The molecule has 1 aliphatic carbocycles. The Bertz CT molecular complexity index is 653. The highest BCUT2D eigenvalue weighted by atomic mass is 32.2. The van der Waals surface area contributed by atoms with Gasteiger partial charge in [0.15, 0.2) is 11.0 Å². The number of hydrogen-bond acceptors (Lipinski definition) is 4. The summed E-state index contributed by atoms with van der Waals surface area (Å²) >= 11 is 1.49. The quantitative estimate of drug-likeness (QED) is 0.877. The first-order valence-electron chi connectivity index (χ1n) is 7.59. The maximum atomic E-state index is 13.9. The summed E-state index contributed by atoms with van der Waals surface area (Å²) in [5.41, 5.74) is -0.159. The van der Waals surface area contributed by atoms with Gasteiger partial charge in [0.25, 0.3) is 0 Å². The van der Waals surface area contributed by atoms with Crippen LogP contribution in [-0.2, 0) is 7.05 Å². The number of rotatable bonds is 4. The maximum absolute atomic E-state index is 13.9. The van der Waals surface area contributed by atoms with Crippen molar-refractivity contribution < 1.29 is 9.50 Å². The van der Waals surface area contributed by atoms with Gasteiger partial charge in [-0.15, -0.1) is 10.2 Å². The van der Waals surface area contributed by atoms with Crippen LogP contribution in [0.15, 0.2) is 29.4 Å². The van der Waals surface area contributed by atoms with Gasteiger partial charge in [0, 0.05) is 12.8 Å². The van der Waals surface area contributed by atoms with E-state index in [9.17, 15) is 9.50 Å². The molecule has 1 N–H and O–H groups in total. The summed E-state index contributed by atoms with van der Waals surface area (Å²) in [5, 5.41) is 19.5. The zero-order valence-corrected chi connectivity index (χ0v) is 13.4. The summed E-state index contributed by atoms with van der Waals surface area (Å²) in [6.07, 6.45) is 5.05. The third kappa shape index (κ3) is 3.17. The molecule has 6 heteroatoms. The lowest BCUT2D eigenvalue weighted by Crippen LogP contribution is -2.34. The Labute approximate surface area is 133 Å². The van der Waals surface area contributed by atoms with Gasteiger partial charge in [-0.2, -0.15) is 0 Å². The lowest BCUT2D eigenvalue weighted by atomic mass is 9.86. The van der Waals surface area contributed by atoms with E-state index < -0.39 is 5.60 Å². The van der Waals surface area contributed by atoms with Crippen LogP contribution in [0.2, 0.25) is 0 Å². The molecule has 0 amide bonds. The van der Waals surface area contributed by atoms with Crippen LogP contribution in [-0.4, -0.2) is 31.2 Å². The third-order valence-electron chi connectivity index (χ3n) is 4.20. The van der Waals surface area contributed by atoms with Gasteiger partial charge < -0.3 is 9.67 Å². The van der Waals surface area contributed by atoms with Gasteiger partial charge >= 0.3 is 0 Å². The predicted molar refractivity (Wildman–Crippen MR) is 85.2 cm³/mol. The summed E-state index contributed by atoms with van der Waals surface area (Å²) in [7, 11) is 1.83. The van der Waals surface area contributed by atoms with E-state index in [2.05, 4.69) is 10.2 Å². The molecule has 0 atom stereocenters. The largest absolute Gasteiger partial charge is 0.389 e. The van der Waals surface area contributed by atoms with Crippen molar-refractivity contribution in [2.45, 2.75) is 42.9 Å². The lowest BCUT2D eigenvalue weighted by Gasteiger charge is -2.31. The Hall–Kier alpha value is -1.40. The van der Waals surface area contributed by atoms with E-state index in [0.717, 1.165) is 25.7 Å². The molecule has 4 nitrogen and oxygen atoms in total. The van der Waals surface area contributed by atoms with Crippen molar-refractivity contribution in [1.82, 2.24) is 14.8 Å². The number of hydrogen-bond donors (Lipinski definition) is 1. The van der Waals surface area contributed by atoms with Gasteiger partial charge in [-0.1, -0.05) is 43.2 Å². The predicted octanol–water partition coefficient (Wildman–Crippen LogP) is 3.41.